The van der Waals surface area contributed by atoms with E-state index in [-0.39, 0.29) is 25.0 Å². The van der Waals surface area contributed by atoms with Crippen LogP contribution in [0.1, 0.15) is 0 Å². The first-order valence-electron chi connectivity index (χ1n) is 10.0. The molecule has 1 aliphatic heterocycles. The highest BCUT2D eigenvalue weighted by molar-refractivity contribution is 6.32. The van der Waals surface area contributed by atoms with E-state index in [0.717, 1.165) is 5.75 Å². The van der Waals surface area contributed by atoms with E-state index in [9.17, 15) is 9.59 Å². The Balaban J connectivity index is 1.36. The number of carbonyl (C=O) groups excluding carboxylic acids is 2. The van der Waals surface area contributed by atoms with Crippen LogP contribution < -0.4 is 24.4 Å². The average Bonchev–Trinajstić information content (AvgIpc) is 2.81. The Kier molecular flexibility index (Phi) is 6.77. The van der Waals surface area contributed by atoms with Gasteiger partial charge in [0.25, 0.3) is 11.8 Å². The zero-order valence-corrected chi connectivity index (χ0v) is 17.9. The number of benzene rings is 3. The molecule has 8 heteroatoms. The van der Waals surface area contributed by atoms with Gasteiger partial charge >= 0.3 is 0 Å². The lowest BCUT2D eigenvalue weighted by Crippen LogP contribution is -2.41. The number of hydrogen-bond acceptors (Lipinski definition) is 5. The first-order chi connectivity index (χ1) is 15.6. The highest BCUT2D eigenvalue weighted by Crippen LogP contribution is 2.34. The molecule has 0 unspecified atom stereocenters. The zero-order valence-electron chi connectivity index (χ0n) is 17.1. The molecule has 0 atom stereocenters. The molecule has 1 aliphatic rings. The number of hydrogen-bond donors (Lipinski definition) is 1. The van der Waals surface area contributed by atoms with Crippen molar-refractivity contribution in [1.29, 1.82) is 0 Å². The van der Waals surface area contributed by atoms with Crippen LogP contribution in [-0.2, 0) is 9.59 Å². The Hall–Kier alpha value is -3.71. The van der Waals surface area contributed by atoms with Gasteiger partial charge in [-0.05, 0) is 36.4 Å². The quantitative estimate of drug-likeness (QED) is 0.555. The predicted molar refractivity (Wildman–Crippen MR) is 122 cm³/mol. The molecule has 0 fully saturated rings. The molecule has 0 aliphatic carbocycles. The summed E-state index contributed by atoms with van der Waals surface area (Å²) in [5.74, 6) is 1.19. The SMILES string of the molecule is O=C(COc1ccccc1Cl)Nc1ccc2c(c1)OCC(=O)N2CCOc1ccccc1. The Morgan fingerprint density at radius 2 is 1.81 bits per heavy atom. The van der Waals surface area contributed by atoms with Crippen molar-refractivity contribution >= 4 is 34.8 Å². The molecular weight excluding hydrogens is 432 g/mol. The van der Waals surface area contributed by atoms with Crippen molar-refractivity contribution in [3.8, 4) is 17.2 Å². The van der Waals surface area contributed by atoms with E-state index in [1.165, 1.54) is 0 Å². The molecule has 3 aromatic carbocycles. The minimum absolute atomic E-state index is 0.0780. The van der Waals surface area contributed by atoms with E-state index in [2.05, 4.69) is 5.32 Å². The highest BCUT2D eigenvalue weighted by Gasteiger charge is 2.25. The molecule has 4 rings (SSSR count). The maximum atomic E-state index is 12.4. The second kappa shape index (κ2) is 10.1. The number of fused-ring (bicyclic) bond motifs is 1. The fourth-order valence-corrected chi connectivity index (χ4v) is 3.39. The third kappa shape index (κ3) is 5.31. The summed E-state index contributed by atoms with van der Waals surface area (Å²) in [5.41, 5.74) is 1.16. The summed E-state index contributed by atoms with van der Waals surface area (Å²) in [4.78, 5) is 26.2. The largest absolute Gasteiger partial charge is 0.492 e. The van der Waals surface area contributed by atoms with Crippen molar-refractivity contribution in [2.24, 2.45) is 0 Å². The fraction of sp³-hybridized carbons (Fsp3) is 0.167. The van der Waals surface area contributed by atoms with Crippen LogP contribution in [0.5, 0.6) is 17.2 Å². The summed E-state index contributed by atoms with van der Waals surface area (Å²) >= 11 is 6.03. The molecule has 0 saturated carbocycles. The summed E-state index contributed by atoms with van der Waals surface area (Å²) in [6.45, 7) is 0.447. The monoisotopic (exact) mass is 452 g/mol. The molecule has 0 saturated heterocycles. The molecule has 1 N–H and O–H groups in total. The standard InChI is InChI=1S/C24H21ClN2O5/c25-19-8-4-5-9-21(19)31-15-23(28)26-17-10-11-20-22(14-17)32-16-24(29)27(20)12-13-30-18-6-2-1-3-7-18/h1-11,14H,12-13,15-16H2,(H,26,28). The summed E-state index contributed by atoms with van der Waals surface area (Å²) in [6, 6.07) is 21.5. The van der Waals surface area contributed by atoms with E-state index in [1.807, 2.05) is 30.3 Å². The van der Waals surface area contributed by atoms with Crippen LogP contribution in [0, 0.1) is 0 Å². The number of nitrogens with zero attached hydrogens (tertiary/aromatic N) is 1. The maximum absolute atomic E-state index is 12.4. The van der Waals surface area contributed by atoms with Crippen LogP contribution in [0.25, 0.3) is 0 Å². The van der Waals surface area contributed by atoms with Crippen molar-refractivity contribution in [2.75, 3.05) is 36.6 Å². The van der Waals surface area contributed by atoms with E-state index < -0.39 is 0 Å². The van der Waals surface area contributed by atoms with Gasteiger partial charge in [0.2, 0.25) is 0 Å². The smallest absolute Gasteiger partial charge is 0.265 e. The van der Waals surface area contributed by atoms with Crippen molar-refractivity contribution in [3.05, 3.63) is 77.8 Å². The summed E-state index contributed by atoms with van der Waals surface area (Å²) in [5, 5.41) is 3.19. The minimum atomic E-state index is -0.343. The van der Waals surface area contributed by atoms with E-state index in [1.54, 1.807) is 47.4 Å². The number of ether oxygens (including phenoxy) is 3. The van der Waals surface area contributed by atoms with Gasteiger partial charge in [-0.25, -0.2) is 0 Å². The predicted octanol–water partition coefficient (Wildman–Crippen LogP) is 4.16. The van der Waals surface area contributed by atoms with Gasteiger partial charge in [-0.3, -0.25) is 9.59 Å². The number of carbonyl (C=O) groups is 2. The first-order valence-corrected chi connectivity index (χ1v) is 10.4. The van der Waals surface area contributed by atoms with Crippen LogP contribution in [0.3, 0.4) is 0 Å². The van der Waals surface area contributed by atoms with Gasteiger partial charge in [-0.15, -0.1) is 0 Å². The Labute approximate surface area is 190 Å². The number of para-hydroxylation sites is 2. The van der Waals surface area contributed by atoms with Crippen LogP contribution in [-0.4, -0.2) is 38.2 Å². The van der Waals surface area contributed by atoms with Gasteiger partial charge in [0.05, 0.1) is 17.3 Å². The Morgan fingerprint density at radius 3 is 2.62 bits per heavy atom. The van der Waals surface area contributed by atoms with Gasteiger partial charge in [0.1, 0.15) is 23.9 Å². The molecule has 2 amide bonds. The van der Waals surface area contributed by atoms with Crippen molar-refractivity contribution in [2.45, 2.75) is 0 Å². The summed E-state index contributed by atoms with van der Waals surface area (Å²) < 4.78 is 16.7. The number of amides is 2. The van der Waals surface area contributed by atoms with Crippen molar-refractivity contribution in [3.63, 3.8) is 0 Å². The number of rotatable bonds is 8. The highest BCUT2D eigenvalue weighted by atomic mass is 35.5. The Morgan fingerprint density at radius 1 is 1.03 bits per heavy atom. The normalized spacial score (nSPS) is 12.5. The third-order valence-corrected chi connectivity index (χ3v) is 5.02. The average molecular weight is 453 g/mol. The van der Waals surface area contributed by atoms with Crippen LogP contribution in [0.2, 0.25) is 5.02 Å². The van der Waals surface area contributed by atoms with Gasteiger partial charge in [-0.2, -0.15) is 0 Å². The maximum Gasteiger partial charge on any atom is 0.265 e. The number of nitrogens with one attached hydrogen (secondary N) is 1. The van der Waals surface area contributed by atoms with Gasteiger partial charge in [0, 0.05) is 11.8 Å². The van der Waals surface area contributed by atoms with Gasteiger partial charge in [-0.1, -0.05) is 41.9 Å². The van der Waals surface area contributed by atoms with E-state index >= 15 is 0 Å². The molecule has 3 aromatic rings. The molecule has 0 radical (unpaired) electrons. The number of halogens is 1. The molecule has 0 aromatic heterocycles. The summed E-state index contributed by atoms with van der Waals surface area (Å²) in [7, 11) is 0. The lowest BCUT2D eigenvalue weighted by atomic mass is 10.2. The van der Waals surface area contributed by atoms with Crippen molar-refractivity contribution in [1.82, 2.24) is 0 Å². The summed E-state index contributed by atoms with van der Waals surface area (Å²) in [6.07, 6.45) is 0. The van der Waals surface area contributed by atoms with Gasteiger partial charge < -0.3 is 24.4 Å². The third-order valence-electron chi connectivity index (χ3n) is 4.71. The number of anilines is 2. The lowest BCUT2D eigenvalue weighted by Gasteiger charge is -2.29. The van der Waals surface area contributed by atoms with Crippen LogP contribution in [0.4, 0.5) is 11.4 Å². The molecule has 32 heavy (non-hydrogen) atoms. The zero-order chi connectivity index (χ0) is 22.3. The second-order valence-electron chi connectivity index (χ2n) is 6.95. The molecule has 164 valence electrons. The lowest BCUT2D eigenvalue weighted by molar-refractivity contribution is -0.121. The molecule has 7 nitrogen and oxygen atoms in total. The molecule has 0 bridgehead atoms. The molecule has 1 heterocycles. The van der Waals surface area contributed by atoms with Crippen LogP contribution in [0.15, 0.2) is 72.8 Å². The van der Waals surface area contributed by atoms with E-state index in [4.69, 9.17) is 25.8 Å². The minimum Gasteiger partial charge on any atom is -0.492 e. The molecular formula is C24H21ClN2O5. The van der Waals surface area contributed by atoms with E-state index in [0.29, 0.717) is 41.0 Å². The first kappa shape index (κ1) is 21.5. The topological polar surface area (TPSA) is 77.1 Å². The van der Waals surface area contributed by atoms with Crippen molar-refractivity contribution < 1.29 is 23.8 Å². The Bertz CT molecular complexity index is 1110. The molecule has 0 spiro atoms. The fourth-order valence-electron chi connectivity index (χ4n) is 3.20. The van der Waals surface area contributed by atoms with Gasteiger partial charge in [0.15, 0.2) is 13.2 Å². The van der Waals surface area contributed by atoms with Crippen LogP contribution >= 0.6 is 11.6 Å². The second-order valence-corrected chi connectivity index (χ2v) is 7.35.